The van der Waals surface area contributed by atoms with E-state index in [2.05, 4.69) is 10.3 Å². The minimum absolute atomic E-state index is 0.104. The Bertz CT molecular complexity index is 965. The zero-order valence-electron chi connectivity index (χ0n) is 16.2. The molecule has 31 heavy (non-hydrogen) atoms. The maximum atomic E-state index is 12.8. The van der Waals surface area contributed by atoms with Crippen LogP contribution in [-0.2, 0) is 12.6 Å². The molecule has 8 nitrogen and oxygen atoms in total. The van der Waals surface area contributed by atoms with Gasteiger partial charge in [0.2, 0.25) is 6.54 Å². The largest absolute Gasteiger partial charge is 0.417 e. The summed E-state index contributed by atoms with van der Waals surface area (Å²) >= 11 is 6.00. The van der Waals surface area contributed by atoms with Crippen LogP contribution in [-0.4, -0.2) is 53.6 Å². The van der Waals surface area contributed by atoms with Gasteiger partial charge in [0, 0.05) is 49.4 Å². The summed E-state index contributed by atoms with van der Waals surface area (Å²) < 4.78 is 38.3. The predicted octanol–water partition coefficient (Wildman–Crippen LogP) is 3.93. The normalized spacial score (nSPS) is 14.5. The van der Waals surface area contributed by atoms with Crippen LogP contribution in [0.25, 0.3) is 0 Å². The fourth-order valence-corrected chi connectivity index (χ4v) is 3.49. The SMILES string of the molecule is O=C(Nc1ccccc1CC[N+](=O)[O-])N1CCN(c2ncc(C(F)(F)F)cc2Cl)CC1. The van der Waals surface area contributed by atoms with Crippen molar-refractivity contribution < 1.29 is 22.9 Å². The third-order valence-corrected chi connectivity index (χ3v) is 5.12. The first-order valence-electron chi connectivity index (χ1n) is 9.38. The summed E-state index contributed by atoms with van der Waals surface area (Å²) in [7, 11) is 0. The summed E-state index contributed by atoms with van der Waals surface area (Å²) in [5.74, 6) is 0.236. The fourth-order valence-electron chi connectivity index (χ4n) is 3.21. The van der Waals surface area contributed by atoms with Gasteiger partial charge in [-0.2, -0.15) is 13.2 Å². The third-order valence-electron chi connectivity index (χ3n) is 4.84. The number of anilines is 2. The van der Waals surface area contributed by atoms with E-state index in [0.29, 0.717) is 37.4 Å². The number of hydrogen-bond donors (Lipinski definition) is 1. The number of nitro groups is 1. The number of urea groups is 1. The molecule has 1 saturated heterocycles. The van der Waals surface area contributed by atoms with E-state index in [1.807, 2.05) is 0 Å². The van der Waals surface area contributed by atoms with Gasteiger partial charge in [0.1, 0.15) is 5.82 Å². The van der Waals surface area contributed by atoms with Crippen LogP contribution >= 0.6 is 11.6 Å². The average Bonchev–Trinajstić information content (AvgIpc) is 2.72. The molecule has 0 aliphatic carbocycles. The number of halogens is 4. The number of aromatic nitrogens is 1. The number of piperazine rings is 1. The lowest BCUT2D eigenvalue weighted by molar-refractivity contribution is -0.479. The molecule has 3 rings (SSSR count). The van der Waals surface area contributed by atoms with Gasteiger partial charge < -0.3 is 15.1 Å². The van der Waals surface area contributed by atoms with Crippen molar-refractivity contribution in [3.63, 3.8) is 0 Å². The molecule has 0 saturated carbocycles. The Morgan fingerprint density at radius 2 is 1.90 bits per heavy atom. The monoisotopic (exact) mass is 457 g/mol. The first-order chi connectivity index (χ1) is 14.6. The molecule has 1 aromatic carbocycles. The van der Waals surface area contributed by atoms with E-state index < -0.39 is 16.7 Å². The average molecular weight is 458 g/mol. The van der Waals surface area contributed by atoms with Crippen LogP contribution in [0.15, 0.2) is 36.5 Å². The molecule has 0 unspecified atom stereocenters. The topological polar surface area (TPSA) is 91.6 Å². The summed E-state index contributed by atoms with van der Waals surface area (Å²) in [4.78, 5) is 30.0. The number of carbonyl (C=O) groups is 1. The van der Waals surface area contributed by atoms with E-state index in [9.17, 15) is 28.1 Å². The molecule has 12 heteroatoms. The number of nitrogens with one attached hydrogen (secondary N) is 1. The van der Waals surface area contributed by atoms with Crippen LogP contribution in [0.3, 0.4) is 0 Å². The number of rotatable bonds is 5. The van der Waals surface area contributed by atoms with E-state index in [-0.39, 0.29) is 29.8 Å². The zero-order chi connectivity index (χ0) is 22.6. The van der Waals surface area contributed by atoms with Crippen LogP contribution in [0, 0.1) is 10.1 Å². The molecule has 1 aromatic heterocycles. The smallest absolute Gasteiger partial charge is 0.352 e. The van der Waals surface area contributed by atoms with Crippen LogP contribution in [0.5, 0.6) is 0 Å². The molecule has 1 N–H and O–H groups in total. The highest BCUT2D eigenvalue weighted by atomic mass is 35.5. The zero-order valence-corrected chi connectivity index (χ0v) is 17.0. The Morgan fingerprint density at radius 1 is 1.23 bits per heavy atom. The lowest BCUT2D eigenvalue weighted by Crippen LogP contribution is -2.50. The number of para-hydroxylation sites is 1. The predicted molar refractivity (Wildman–Crippen MR) is 109 cm³/mol. The Labute approximate surface area is 180 Å². The first kappa shape index (κ1) is 22.6. The number of nitrogens with zero attached hydrogens (tertiary/aromatic N) is 4. The Hall–Kier alpha value is -3.08. The standard InChI is InChI=1S/C19H19ClF3N5O3/c20-15-11-14(19(21,22)23)12-24-17(15)26-7-9-27(10-8-26)18(29)25-16-4-2-1-3-13(16)5-6-28(30)31/h1-4,11-12H,5-10H2,(H,25,29). The Morgan fingerprint density at radius 3 is 2.52 bits per heavy atom. The number of hydrogen-bond acceptors (Lipinski definition) is 5. The molecular formula is C19H19ClF3N5O3. The van der Waals surface area contributed by atoms with E-state index in [1.54, 1.807) is 34.1 Å². The number of pyridine rings is 1. The Balaban J connectivity index is 1.60. The van der Waals surface area contributed by atoms with Crippen molar-refractivity contribution in [2.45, 2.75) is 12.6 Å². The molecule has 1 fully saturated rings. The summed E-state index contributed by atoms with van der Waals surface area (Å²) in [5, 5.41) is 13.3. The molecule has 2 heterocycles. The van der Waals surface area contributed by atoms with Gasteiger partial charge in [0.15, 0.2) is 0 Å². The number of alkyl halides is 3. The van der Waals surface area contributed by atoms with Gasteiger partial charge in [-0.05, 0) is 17.7 Å². The van der Waals surface area contributed by atoms with Crippen molar-refractivity contribution in [1.82, 2.24) is 9.88 Å². The molecule has 0 bridgehead atoms. The van der Waals surface area contributed by atoms with Gasteiger partial charge in [-0.1, -0.05) is 29.8 Å². The van der Waals surface area contributed by atoms with Gasteiger partial charge in [0.25, 0.3) is 0 Å². The third kappa shape index (κ3) is 5.75. The summed E-state index contributed by atoms with van der Waals surface area (Å²) in [5.41, 5.74) is 0.242. The summed E-state index contributed by atoms with van der Waals surface area (Å²) in [6.07, 6.45) is -3.60. The lowest BCUT2D eigenvalue weighted by Gasteiger charge is -2.35. The van der Waals surface area contributed by atoms with Crippen LogP contribution in [0.1, 0.15) is 11.1 Å². The second kappa shape index (κ2) is 9.38. The van der Waals surface area contributed by atoms with E-state index in [4.69, 9.17) is 11.6 Å². The number of benzene rings is 1. The van der Waals surface area contributed by atoms with Crippen molar-refractivity contribution in [3.05, 3.63) is 62.8 Å². The lowest BCUT2D eigenvalue weighted by atomic mass is 10.1. The molecule has 0 spiro atoms. The highest BCUT2D eigenvalue weighted by molar-refractivity contribution is 6.33. The van der Waals surface area contributed by atoms with Crippen LogP contribution in [0.2, 0.25) is 5.02 Å². The molecule has 2 aromatic rings. The second-order valence-corrected chi connectivity index (χ2v) is 7.30. The molecule has 0 atom stereocenters. The maximum Gasteiger partial charge on any atom is 0.417 e. The van der Waals surface area contributed by atoms with Crippen LogP contribution in [0.4, 0.5) is 29.5 Å². The highest BCUT2D eigenvalue weighted by Crippen LogP contribution is 2.33. The molecule has 0 radical (unpaired) electrons. The van der Waals surface area contributed by atoms with Crippen molar-refractivity contribution in [2.24, 2.45) is 0 Å². The van der Waals surface area contributed by atoms with Crippen molar-refractivity contribution in [1.29, 1.82) is 0 Å². The minimum atomic E-state index is -4.53. The van der Waals surface area contributed by atoms with Gasteiger partial charge in [-0.25, -0.2) is 9.78 Å². The van der Waals surface area contributed by atoms with Gasteiger partial charge in [-0.3, -0.25) is 10.1 Å². The van der Waals surface area contributed by atoms with E-state index >= 15 is 0 Å². The number of amides is 2. The minimum Gasteiger partial charge on any atom is -0.352 e. The first-order valence-corrected chi connectivity index (χ1v) is 9.76. The molecule has 1 aliphatic heterocycles. The van der Waals surface area contributed by atoms with Crippen molar-refractivity contribution in [3.8, 4) is 0 Å². The van der Waals surface area contributed by atoms with Gasteiger partial charge >= 0.3 is 12.2 Å². The summed E-state index contributed by atoms with van der Waals surface area (Å²) in [6, 6.07) is 7.33. The molecule has 166 valence electrons. The van der Waals surface area contributed by atoms with E-state index in [1.165, 1.54) is 0 Å². The molecule has 2 amide bonds. The maximum absolute atomic E-state index is 12.8. The number of carbonyl (C=O) groups excluding carboxylic acids is 1. The Kier molecular flexibility index (Phi) is 6.84. The molecule has 1 aliphatic rings. The quantitative estimate of drug-likeness (QED) is 0.542. The molecular weight excluding hydrogens is 439 g/mol. The van der Waals surface area contributed by atoms with Gasteiger partial charge in [-0.15, -0.1) is 0 Å². The van der Waals surface area contributed by atoms with Crippen molar-refractivity contribution in [2.75, 3.05) is 42.9 Å². The van der Waals surface area contributed by atoms with Crippen LogP contribution < -0.4 is 10.2 Å². The van der Waals surface area contributed by atoms with Crippen molar-refractivity contribution >= 4 is 29.1 Å². The fraction of sp³-hybridized carbons (Fsp3) is 0.368. The summed E-state index contributed by atoms with van der Waals surface area (Å²) in [6.45, 7) is 1.05. The highest BCUT2D eigenvalue weighted by Gasteiger charge is 2.32. The van der Waals surface area contributed by atoms with E-state index in [0.717, 1.165) is 12.3 Å². The van der Waals surface area contributed by atoms with Gasteiger partial charge in [0.05, 0.1) is 10.6 Å². The second-order valence-electron chi connectivity index (χ2n) is 6.89.